The molecule has 1 aliphatic rings. The normalized spacial score (nSPS) is 14.4. The van der Waals surface area contributed by atoms with Crippen molar-refractivity contribution in [2.45, 2.75) is 38.9 Å². The molecule has 0 saturated carbocycles. The van der Waals surface area contributed by atoms with Crippen molar-refractivity contribution in [3.8, 4) is 0 Å². The highest BCUT2D eigenvalue weighted by Gasteiger charge is 2.30. The lowest BCUT2D eigenvalue weighted by Gasteiger charge is -2.42. The number of urea groups is 1. The molecule has 2 aromatic rings. The van der Waals surface area contributed by atoms with Gasteiger partial charge >= 0.3 is 6.03 Å². The fourth-order valence-electron chi connectivity index (χ4n) is 3.70. The van der Waals surface area contributed by atoms with E-state index in [0.717, 1.165) is 25.1 Å². The third-order valence-corrected chi connectivity index (χ3v) is 5.53. The second-order valence-electron chi connectivity index (χ2n) is 8.04. The monoisotopic (exact) mass is 381 g/mol. The molecule has 0 saturated heterocycles. The van der Waals surface area contributed by atoms with Gasteiger partial charge in [0.1, 0.15) is 0 Å². The molecule has 150 valence electrons. The van der Waals surface area contributed by atoms with Gasteiger partial charge in [0.25, 0.3) is 0 Å². The summed E-state index contributed by atoms with van der Waals surface area (Å²) in [7, 11) is 0. The first kappa shape index (κ1) is 20.4. The number of rotatable bonds is 7. The predicted molar refractivity (Wildman–Crippen MR) is 112 cm³/mol. The van der Waals surface area contributed by atoms with Gasteiger partial charge in [-0.15, -0.1) is 0 Å². The highest BCUT2D eigenvalue weighted by Crippen LogP contribution is 2.25. The summed E-state index contributed by atoms with van der Waals surface area (Å²) in [5, 5.41) is 12.4. The summed E-state index contributed by atoms with van der Waals surface area (Å²) in [5.41, 5.74) is 3.70. The van der Waals surface area contributed by atoms with Gasteiger partial charge in [0.15, 0.2) is 0 Å². The predicted octanol–water partition coefficient (Wildman–Crippen LogP) is 3.03. The van der Waals surface area contributed by atoms with Crippen molar-refractivity contribution in [3.63, 3.8) is 0 Å². The van der Waals surface area contributed by atoms with Crippen LogP contribution < -0.4 is 5.32 Å². The molecule has 2 amide bonds. The van der Waals surface area contributed by atoms with Crippen LogP contribution in [0.15, 0.2) is 54.6 Å². The Kier molecular flexibility index (Phi) is 6.70. The Morgan fingerprint density at radius 3 is 2.50 bits per heavy atom. The SMILES string of the molecule is CC(C)(CNC(=O)N(CCO)Cc1ccccc1)N1CCc2ccccc2C1. The average molecular weight is 382 g/mol. The van der Waals surface area contributed by atoms with Crippen LogP contribution in [0.3, 0.4) is 0 Å². The number of aliphatic hydroxyl groups excluding tert-OH is 1. The molecule has 28 heavy (non-hydrogen) atoms. The maximum Gasteiger partial charge on any atom is 0.317 e. The van der Waals surface area contributed by atoms with Crippen molar-refractivity contribution in [1.82, 2.24) is 15.1 Å². The molecule has 0 atom stereocenters. The van der Waals surface area contributed by atoms with Crippen molar-refractivity contribution < 1.29 is 9.90 Å². The van der Waals surface area contributed by atoms with E-state index in [-0.39, 0.29) is 18.2 Å². The molecule has 2 aromatic carbocycles. The number of fused-ring (bicyclic) bond motifs is 1. The number of carbonyl (C=O) groups excluding carboxylic acids is 1. The first-order chi connectivity index (χ1) is 13.5. The molecule has 1 heterocycles. The van der Waals surface area contributed by atoms with Gasteiger partial charge in [-0.25, -0.2) is 4.79 Å². The number of nitrogens with zero attached hydrogens (tertiary/aromatic N) is 2. The van der Waals surface area contributed by atoms with Gasteiger partial charge in [0, 0.05) is 38.3 Å². The molecule has 0 bridgehead atoms. The van der Waals surface area contributed by atoms with E-state index in [9.17, 15) is 9.90 Å². The zero-order valence-electron chi connectivity index (χ0n) is 16.9. The second kappa shape index (κ2) is 9.22. The zero-order chi connectivity index (χ0) is 20.0. The number of carbonyl (C=O) groups is 1. The lowest BCUT2D eigenvalue weighted by atomic mass is 9.94. The maximum atomic E-state index is 12.8. The van der Waals surface area contributed by atoms with E-state index in [4.69, 9.17) is 0 Å². The standard InChI is InChI=1S/C23H31N3O2/c1-23(2,26-13-12-20-10-6-7-11-21(20)17-26)18-24-22(28)25(14-15-27)16-19-8-4-3-5-9-19/h3-11,27H,12-18H2,1-2H3,(H,24,28). The maximum absolute atomic E-state index is 12.8. The van der Waals surface area contributed by atoms with E-state index in [1.807, 2.05) is 30.3 Å². The molecular weight excluding hydrogens is 350 g/mol. The van der Waals surface area contributed by atoms with Crippen LogP contribution in [-0.2, 0) is 19.5 Å². The van der Waals surface area contributed by atoms with Gasteiger partial charge in [-0.1, -0.05) is 54.6 Å². The lowest BCUT2D eigenvalue weighted by molar-refractivity contribution is 0.101. The van der Waals surface area contributed by atoms with E-state index in [1.165, 1.54) is 11.1 Å². The third-order valence-electron chi connectivity index (χ3n) is 5.53. The summed E-state index contributed by atoms with van der Waals surface area (Å²) in [6, 6.07) is 18.3. The minimum atomic E-state index is -0.152. The zero-order valence-corrected chi connectivity index (χ0v) is 16.9. The topological polar surface area (TPSA) is 55.8 Å². The van der Waals surface area contributed by atoms with Crippen LogP contribution in [0.1, 0.15) is 30.5 Å². The Balaban J connectivity index is 1.58. The molecule has 0 fully saturated rings. The Hall–Kier alpha value is -2.37. The third kappa shape index (κ3) is 5.12. The molecule has 0 radical (unpaired) electrons. The highest BCUT2D eigenvalue weighted by atomic mass is 16.3. The van der Waals surface area contributed by atoms with Crippen LogP contribution in [0.5, 0.6) is 0 Å². The van der Waals surface area contributed by atoms with Gasteiger partial charge in [0.05, 0.1) is 6.61 Å². The number of hydrogen-bond donors (Lipinski definition) is 2. The molecular formula is C23H31N3O2. The van der Waals surface area contributed by atoms with Crippen molar-refractivity contribution in [2.24, 2.45) is 0 Å². The number of amides is 2. The van der Waals surface area contributed by atoms with Gasteiger partial charge in [0.2, 0.25) is 0 Å². The van der Waals surface area contributed by atoms with E-state index in [2.05, 4.69) is 48.3 Å². The first-order valence-corrected chi connectivity index (χ1v) is 9.99. The summed E-state index contributed by atoms with van der Waals surface area (Å²) in [6.07, 6.45) is 1.04. The van der Waals surface area contributed by atoms with Gasteiger partial charge < -0.3 is 15.3 Å². The molecule has 0 aliphatic carbocycles. The van der Waals surface area contributed by atoms with E-state index >= 15 is 0 Å². The van der Waals surface area contributed by atoms with E-state index < -0.39 is 0 Å². The number of hydrogen-bond acceptors (Lipinski definition) is 3. The number of benzene rings is 2. The van der Waals surface area contributed by atoms with Crippen molar-refractivity contribution in [2.75, 3.05) is 26.2 Å². The summed E-state index contributed by atoms with van der Waals surface area (Å²) in [5.74, 6) is 0. The lowest BCUT2D eigenvalue weighted by Crippen LogP contribution is -2.54. The summed E-state index contributed by atoms with van der Waals surface area (Å²) in [6.45, 7) is 7.57. The van der Waals surface area contributed by atoms with Gasteiger partial charge in [-0.3, -0.25) is 4.90 Å². The summed E-state index contributed by atoms with van der Waals surface area (Å²) >= 11 is 0. The number of aliphatic hydroxyl groups is 1. The fourth-order valence-corrected chi connectivity index (χ4v) is 3.70. The van der Waals surface area contributed by atoms with Gasteiger partial charge in [-0.05, 0) is 37.0 Å². The minimum Gasteiger partial charge on any atom is -0.395 e. The highest BCUT2D eigenvalue weighted by molar-refractivity contribution is 5.74. The average Bonchev–Trinajstić information content (AvgIpc) is 2.72. The molecule has 2 N–H and O–H groups in total. The van der Waals surface area contributed by atoms with Crippen LogP contribution in [0.25, 0.3) is 0 Å². The Morgan fingerprint density at radius 1 is 1.11 bits per heavy atom. The molecule has 0 spiro atoms. The number of nitrogens with one attached hydrogen (secondary N) is 1. The second-order valence-corrected chi connectivity index (χ2v) is 8.04. The smallest absolute Gasteiger partial charge is 0.317 e. The van der Waals surface area contributed by atoms with Crippen LogP contribution in [0.2, 0.25) is 0 Å². The molecule has 0 unspecified atom stereocenters. The summed E-state index contributed by atoms with van der Waals surface area (Å²) in [4.78, 5) is 16.8. The van der Waals surface area contributed by atoms with Crippen molar-refractivity contribution in [1.29, 1.82) is 0 Å². The van der Waals surface area contributed by atoms with E-state index in [0.29, 0.717) is 19.6 Å². The van der Waals surface area contributed by atoms with E-state index in [1.54, 1.807) is 4.90 Å². The van der Waals surface area contributed by atoms with Gasteiger partial charge in [-0.2, -0.15) is 0 Å². The van der Waals surface area contributed by atoms with Crippen LogP contribution >= 0.6 is 0 Å². The molecule has 1 aliphatic heterocycles. The minimum absolute atomic E-state index is 0.0491. The molecule has 0 aromatic heterocycles. The van der Waals surface area contributed by atoms with Crippen LogP contribution in [0.4, 0.5) is 4.79 Å². The van der Waals surface area contributed by atoms with Crippen LogP contribution in [0, 0.1) is 0 Å². The fraction of sp³-hybridized carbons (Fsp3) is 0.435. The molecule has 5 heteroatoms. The molecule has 3 rings (SSSR count). The Morgan fingerprint density at radius 2 is 1.79 bits per heavy atom. The van der Waals surface area contributed by atoms with Crippen molar-refractivity contribution >= 4 is 6.03 Å². The summed E-state index contributed by atoms with van der Waals surface area (Å²) < 4.78 is 0. The largest absolute Gasteiger partial charge is 0.395 e. The molecule has 5 nitrogen and oxygen atoms in total. The first-order valence-electron chi connectivity index (χ1n) is 9.99. The Bertz CT molecular complexity index is 776. The quantitative estimate of drug-likeness (QED) is 0.775. The van der Waals surface area contributed by atoms with Crippen LogP contribution in [-0.4, -0.2) is 52.7 Å². The van der Waals surface area contributed by atoms with Crippen molar-refractivity contribution in [3.05, 3.63) is 71.3 Å². The Labute approximate surface area is 168 Å².